The molecule has 0 amide bonds. The van der Waals surface area contributed by atoms with E-state index < -0.39 is 52.1 Å². The van der Waals surface area contributed by atoms with E-state index in [-0.39, 0.29) is 22.1 Å². The summed E-state index contributed by atoms with van der Waals surface area (Å²) in [7, 11) is -10.0. The summed E-state index contributed by atoms with van der Waals surface area (Å²) in [4.78, 5) is 8.22. The lowest BCUT2D eigenvalue weighted by molar-refractivity contribution is -0.385. The Bertz CT molecular complexity index is 1480. The van der Waals surface area contributed by atoms with E-state index in [1.807, 2.05) is 0 Å². The van der Waals surface area contributed by atoms with Crippen LogP contribution in [0, 0.1) is 10.1 Å². The topological polar surface area (TPSA) is 229 Å². The Morgan fingerprint density at radius 3 is 2.19 bits per heavy atom. The number of phenolic OH excluding ortho intramolecular Hbond substituents is 1. The van der Waals surface area contributed by atoms with Crippen LogP contribution in [0.4, 0.5) is 22.7 Å². The van der Waals surface area contributed by atoms with Crippen LogP contribution in [-0.4, -0.2) is 36.0 Å². The van der Waals surface area contributed by atoms with Crippen LogP contribution in [0.15, 0.2) is 62.5 Å². The van der Waals surface area contributed by atoms with E-state index in [4.69, 9.17) is 5.73 Å². The van der Waals surface area contributed by atoms with E-state index in [0.29, 0.717) is 12.1 Å². The van der Waals surface area contributed by atoms with Crippen LogP contribution in [0.2, 0.25) is 0 Å². The summed E-state index contributed by atoms with van der Waals surface area (Å²) in [6.07, 6.45) is 0. The van der Waals surface area contributed by atoms with Crippen molar-refractivity contribution < 1.29 is 36.0 Å². The van der Waals surface area contributed by atoms with Gasteiger partial charge in [0.05, 0.1) is 25.8 Å². The maximum Gasteiger partial charge on any atom is 0.270 e. The number of hydrogen-bond acceptors (Lipinski definition) is 12. The highest BCUT2D eigenvalue weighted by molar-refractivity contribution is 7.86. The molecular formula is C16H10N4O9S2-2. The molecule has 0 aliphatic heterocycles. The number of fused-ring (bicyclic) bond motifs is 1. The molecule has 162 valence electrons. The molecule has 0 aromatic heterocycles. The Hall–Kier alpha value is -3.66. The number of benzene rings is 3. The maximum atomic E-state index is 11.5. The van der Waals surface area contributed by atoms with E-state index in [9.17, 15) is 41.2 Å². The van der Waals surface area contributed by atoms with Crippen molar-refractivity contribution in [3.8, 4) is 5.75 Å². The molecule has 31 heavy (non-hydrogen) atoms. The van der Waals surface area contributed by atoms with Crippen molar-refractivity contribution in [1.29, 1.82) is 0 Å². The number of non-ortho nitro benzene ring substituents is 1. The maximum absolute atomic E-state index is 11.5. The van der Waals surface area contributed by atoms with Gasteiger partial charge < -0.3 is 19.9 Å². The summed E-state index contributed by atoms with van der Waals surface area (Å²) < 4.78 is 68.1. The van der Waals surface area contributed by atoms with Gasteiger partial charge >= 0.3 is 0 Å². The minimum Gasteiger partial charge on any atom is -0.744 e. The highest BCUT2D eigenvalue weighted by Crippen LogP contribution is 2.41. The van der Waals surface area contributed by atoms with Gasteiger partial charge in [-0.25, -0.2) is 16.8 Å². The molecule has 0 bridgehead atoms. The number of aromatic hydroxyl groups is 1. The normalized spacial score (nSPS) is 12.5. The van der Waals surface area contributed by atoms with E-state index in [1.54, 1.807) is 0 Å². The van der Waals surface area contributed by atoms with Crippen molar-refractivity contribution in [1.82, 2.24) is 0 Å². The Kier molecular flexibility index (Phi) is 5.36. The van der Waals surface area contributed by atoms with Crippen molar-refractivity contribution >= 4 is 53.8 Å². The third-order valence-electron chi connectivity index (χ3n) is 4.04. The standard InChI is InChI=1S/C16H12N4O9S2/c17-11-3-1-8-5-10(30(24,25)26)7-13(21)15(8)16(11)19-18-12-4-2-9(20(22)23)6-14(12)31(27,28)29/h1-7,21H,17H2,(H,24,25,26)(H,27,28,29)/p-2. The molecule has 0 aliphatic carbocycles. The van der Waals surface area contributed by atoms with Crippen LogP contribution < -0.4 is 5.73 Å². The first-order valence-corrected chi connectivity index (χ1v) is 10.8. The van der Waals surface area contributed by atoms with Crippen LogP contribution >= 0.6 is 0 Å². The highest BCUT2D eigenvalue weighted by Gasteiger charge is 2.17. The monoisotopic (exact) mass is 466 g/mol. The van der Waals surface area contributed by atoms with Gasteiger partial charge in [0.25, 0.3) is 5.69 Å². The number of phenols is 1. The van der Waals surface area contributed by atoms with Crippen molar-refractivity contribution in [2.75, 3.05) is 5.73 Å². The average molecular weight is 466 g/mol. The van der Waals surface area contributed by atoms with Gasteiger partial charge in [-0.3, -0.25) is 10.1 Å². The Labute approximate surface area is 174 Å². The number of hydrogen-bond donors (Lipinski definition) is 2. The lowest BCUT2D eigenvalue weighted by atomic mass is 10.1. The Balaban J connectivity index is 2.23. The van der Waals surface area contributed by atoms with Gasteiger partial charge in [0.1, 0.15) is 37.4 Å². The number of nitro benzene ring substituents is 1. The zero-order valence-electron chi connectivity index (χ0n) is 15.0. The van der Waals surface area contributed by atoms with E-state index in [1.165, 1.54) is 12.1 Å². The molecule has 15 heteroatoms. The first-order chi connectivity index (χ1) is 14.3. The third kappa shape index (κ3) is 4.43. The predicted octanol–water partition coefficient (Wildman–Crippen LogP) is 2.26. The van der Waals surface area contributed by atoms with E-state index >= 15 is 0 Å². The molecule has 3 aromatic carbocycles. The predicted molar refractivity (Wildman–Crippen MR) is 103 cm³/mol. The lowest BCUT2D eigenvalue weighted by Gasteiger charge is -2.12. The van der Waals surface area contributed by atoms with Gasteiger partial charge in [0, 0.05) is 12.1 Å². The SMILES string of the molecule is Nc1ccc2cc(S(=O)(=O)[O-])cc(O)c2c1N=Nc1ccc([N+](=O)[O-])cc1S(=O)(=O)[O-]. The second-order valence-electron chi connectivity index (χ2n) is 6.06. The number of rotatable bonds is 5. The van der Waals surface area contributed by atoms with Crippen molar-refractivity contribution in [2.24, 2.45) is 10.2 Å². The lowest BCUT2D eigenvalue weighted by Crippen LogP contribution is -2.00. The van der Waals surface area contributed by atoms with E-state index in [2.05, 4.69) is 10.2 Å². The van der Waals surface area contributed by atoms with Crippen LogP contribution in [0.3, 0.4) is 0 Å². The van der Waals surface area contributed by atoms with Gasteiger partial charge in [0.15, 0.2) is 0 Å². The quantitative estimate of drug-likeness (QED) is 0.183. The largest absolute Gasteiger partial charge is 0.744 e. The summed E-state index contributed by atoms with van der Waals surface area (Å²) in [5, 5.41) is 28.4. The molecule has 3 N–H and O–H groups in total. The van der Waals surface area contributed by atoms with Crippen LogP contribution in [-0.2, 0) is 20.2 Å². The Morgan fingerprint density at radius 2 is 1.61 bits per heavy atom. The molecule has 3 rings (SSSR count). The van der Waals surface area contributed by atoms with Crippen molar-refractivity contribution in [2.45, 2.75) is 9.79 Å². The first-order valence-electron chi connectivity index (χ1n) is 7.96. The summed E-state index contributed by atoms with van der Waals surface area (Å²) >= 11 is 0. The van der Waals surface area contributed by atoms with Crippen LogP contribution in [0.25, 0.3) is 10.8 Å². The molecule has 3 aromatic rings. The second kappa shape index (κ2) is 7.55. The third-order valence-corrected chi connectivity index (χ3v) is 5.72. The molecular weight excluding hydrogens is 456 g/mol. The number of nitrogen functional groups attached to an aromatic ring is 1. The summed E-state index contributed by atoms with van der Waals surface area (Å²) in [5.74, 6) is -0.673. The second-order valence-corrected chi connectivity index (χ2v) is 8.79. The van der Waals surface area contributed by atoms with Crippen molar-refractivity contribution in [3.05, 3.63) is 52.6 Å². The molecule has 0 aliphatic rings. The fraction of sp³-hybridized carbons (Fsp3) is 0. The van der Waals surface area contributed by atoms with Gasteiger partial charge in [0.2, 0.25) is 0 Å². The summed E-state index contributed by atoms with van der Waals surface area (Å²) in [5.41, 5.74) is 4.32. The first kappa shape index (κ1) is 22.0. The molecule has 0 atom stereocenters. The minimum atomic E-state index is -5.17. The Morgan fingerprint density at radius 1 is 0.935 bits per heavy atom. The number of nitrogens with zero attached hydrogens (tertiary/aromatic N) is 3. The number of anilines is 1. The average Bonchev–Trinajstić information content (AvgIpc) is 2.65. The minimum absolute atomic E-state index is 0.0537. The molecule has 0 radical (unpaired) electrons. The van der Waals surface area contributed by atoms with Crippen LogP contribution in [0.5, 0.6) is 5.75 Å². The van der Waals surface area contributed by atoms with Gasteiger partial charge in [-0.1, -0.05) is 6.07 Å². The number of nitro groups is 1. The molecule has 0 saturated carbocycles. The zero-order valence-corrected chi connectivity index (χ0v) is 16.6. The van der Waals surface area contributed by atoms with Gasteiger partial charge in [-0.05, 0) is 29.7 Å². The fourth-order valence-corrected chi connectivity index (χ4v) is 3.83. The highest BCUT2D eigenvalue weighted by atomic mass is 32.2. The fourth-order valence-electron chi connectivity index (χ4n) is 2.67. The molecule has 0 heterocycles. The van der Waals surface area contributed by atoms with E-state index in [0.717, 1.165) is 18.2 Å². The molecule has 13 nitrogen and oxygen atoms in total. The van der Waals surface area contributed by atoms with Gasteiger partial charge in [-0.2, -0.15) is 0 Å². The zero-order chi connectivity index (χ0) is 23.1. The molecule has 0 unspecified atom stereocenters. The summed E-state index contributed by atoms with van der Waals surface area (Å²) in [6, 6.07) is 6.52. The number of azo groups is 1. The molecule has 0 fully saturated rings. The molecule has 0 saturated heterocycles. The van der Waals surface area contributed by atoms with Crippen molar-refractivity contribution in [3.63, 3.8) is 0 Å². The van der Waals surface area contributed by atoms with Gasteiger partial charge in [-0.15, -0.1) is 10.2 Å². The van der Waals surface area contributed by atoms with Crippen LogP contribution in [0.1, 0.15) is 0 Å². The summed E-state index contributed by atoms with van der Waals surface area (Å²) in [6.45, 7) is 0. The number of nitrogens with two attached hydrogens (primary N) is 1. The molecule has 0 spiro atoms. The smallest absolute Gasteiger partial charge is 0.270 e.